The van der Waals surface area contributed by atoms with Crippen molar-refractivity contribution in [1.29, 1.82) is 0 Å². The van der Waals surface area contributed by atoms with Crippen molar-refractivity contribution in [1.82, 2.24) is 0 Å². The van der Waals surface area contributed by atoms with Gasteiger partial charge in [0, 0.05) is 10.7 Å². The van der Waals surface area contributed by atoms with Gasteiger partial charge in [0.1, 0.15) is 12.4 Å². The van der Waals surface area contributed by atoms with E-state index in [4.69, 9.17) is 14.2 Å². The van der Waals surface area contributed by atoms with Crippen LogP contribution in [-0.4, -0.2) is 33.4 Å². The Morgan fingerprint density at radius 3 is 2.62 bits per heavy atom. The third kappa shape index (κ3) is 3.64. The number of halogens is 1. The van der Waals surface area contributed by atoms with Crippen molar-refractivity contribution in [2.24, 2.45) is 0 Å². The van der Waals surface area contributed by atoms with Gasteiger partial charge in [-0.3, -0.25) is 0 Å². The van der Waals surface area contributed by atoms with E-state index in [2.05, 4.69) is 22.6 Å². The third-order valence-corrected chi connectivity index (χ3v) is 2.81. The molecule has 16 heavy (non-hydrogen) atoms. The smallest absolute Gasteiger partial charge is 0.339 e. The highest BCUT2D eigenvalue weighted by Gasteiger charge is 2.11. The number of hydrogen-bond donors (Lipinski definition) is 0. The molecule has 0 saturated heterocycles. The van der Waals surface area contributed by atoms with E-state index in [1.807, 2.05) is 0 Å². The normalized spacial score (nSPS) is 9.94. The molecule has 0 aromatic heterocycles. The first kappa shape index (κ1) is 13.2. The molecule has 0 radical (unpaired) electrons. The second-order valence-corrected chi connectivity index (χ2v) is 4.14. The molecule has 5 heteroatoms. The van der Waals surface area contributed by atoms with E-state index < -0.39 is 0 Å². The average Bonchev–Trinajstić information content (AvgIpc) is 2.29. The Labute approximate surface area is 108 Å². The number of carbonyl (C=O) groups excluding carboxylic acids is 1. The zero-order valence-corrected chi connectivity index (χ0v) is 11.3. The largest absolute Gasteiger partial charge is 0.497 e. The Morgan fingerprint density at radius 2 is 2.06 bits per heavy atom. The van der Waals surface area contributed by atoms with Crippen molar-refractivity contribution in [3.8, 4) is 5.75 Å². The van der Waals surface area contributed by atoms with Crippen molar-refractivity contribution in [3.63, 3.8) is 0 Å². The van der Waals surface area contributed by atoms with Crippen molar-refractivity contribution < 1.29 is 19.0 Å². The van der Waals surface area contributed by atoms with Gasteiger partial charge < -0.3 is 14.2 Å². The van der Waals surface area contributed by atoms with Crippen LogP contribution in [0.3, 0.4) is 0 Å². The van der Waals surface area contributed by atoms with E-state index in [-0.39, 0.29) is 12.6 Å². The molecule has 0 aliphatic rings. The van der Waals surface area contributed by atoms with Crippen molar-refractivity contribution >= 4 is 28.6 Å². The number of hydrogen-bond acceptors (Lipinski definition) is 4. The maximum absolute atomic E-state index is 11.6. The fourth-order valence-electron chi connectivity index (χ4n) is 1.08. The summed E-state index contributed by atoms with van der Waals surface area (Å²) in [6.45, 7) is 0.663. The molecule has 88 valence electrons. The molecular weight excluding hydrogens is 323 g/mol. The second kappa shape index (κ2) is 6.70. The summed E-state index contributed by atoms with van der Waals surface area (Å²) in [6, 6.07) is 5.21. The Kier molecular flexibility index (Phi) is 5.54. The van der Waals surface area contributed by atoms with E-state index in [1.165, 1.54) is 0 Å². The number of carbonyl (C=O) groups is 1. The summed E-state index contributed by atoms with van der Waals surface area (Å²) in [7, 11) is 3.15. The maximum atomic E-state index is 11.6. The molecule has 0 heterocycles. The lowest BCUT2D eigenvalue weighted by atomic mass is 10.2. The zero-order valence-electron chi connectivity index (χ0n) is 9.16. The Morgan fingerprint density at radius 1 is 1.31 bits per heavy atom. The van der Waals surface area contributed by atoms with E-state index in [1.54, 1.807) is 32.4 Å². The fraction of sp³-hybridized carbons (Fsp3) is 0.364. The average molecular weight is 336 g/mol. The van der Waals surface area contributed by atoms with Crippen molar-refractivity contribution in [2.45, 2.75) is 0 Å². The first-order chi connectivity index (χ1) is 7.69. The molecule has 0 fully saturated rings. The molecule has 4 nitrogen and oxygen atoms in total. The second-order valence-electron chi connectivity index (χ2n) is 2.97. The van der Waals surface area contributed by atoms with Gasteiger partial charge in [0.05, 0.1) is 19.3 Å². The zero-order chi connectivity index (χ0) is 12.0. The van der Waals surface area contributed by atoms with Crippen molar-refractivity contribution in [2.75, 3.05) is 27.4 Å². The molecule has 0 bridgehead atoms. The Balaban J connectivity index is 2.68. The van der Waals surface area contributed by atoms with E-state index in [0.717, 1.165) is 9.32 Å². The Hall–Kier alpha value is -0.820. The van der Waals surface area contributed by atoms with Gasteiger partial charge in [-0.2, -0.15) is 0 Å². The summed E-state index contributed by atoms with van der Waals surface area (Å²) < 4.78 is 15.7. The number of esters is 1. The standard InChI is InChI=1S/C11H13IO4/c1-14-5-6-16-11(13)9-4-3-8(15-2)7-10(9)12/h3-4,7H,5-6H2,1-2H3. The molecule has 0 saturated carbocycles. The summed E-state index contributed by atoms with van der Waals surface area (Å²) in [5, 5.41) is 0. The number of rotatable bonds is 5. The molecule has 1 aromatic carbocycles. The quantitative estimate of drug-likeness (QED) is 0.469. The van der Waals surface area contributed by atoms with Crippen LogP contribution in [-0.2, 0) is 9.47 Å². The highest BCUT2D eigenvalue weighted by molar-refractivity contribution is 14.1. The summed E-state index contributed by atoms with van der Waals surface area (Å²) >= 11 is 2.07. The molecule has 0 aliphatic carbocycles. The third-order valence-electron chi connectivity index (χ3n) is 1.92. The van der Waals surface area contributed by atoms with E-state index in [9.17, 15) is 4.79 Å². The van der Waals surface area contributed by atoms with Gasteiger partial charge in [-0.05, 0) is 40.8 Å². The number of ether oxygens (including phenoxy) is 3. The minimum absolute atomic E-state index is 0.261. The lowest BCUT2D eigenvalue weighted by molar-refractivity contribution is 0.0387. The lowest BCUT2D eigenvalue weighted by Crippen LogP contribution is -2.11. The SMILES string of the molecule is COCCOC(=O)c1ccc(OC)cc1I. The van der Waals surface area contributed by atoms with E-state index in [0.29, 0.717) is 12.2 Å². The topological polar surface area (TPSA) is 44.8 Å². The van der Waals surface area contributed by atoms with Crippen LogP contribution in [0.5, 0.6) is 5.75 Å². The minimum Gasteiger partial charge on any atom is -0.497 e. The van der Waals surface area contributed by atoms with Crippen LogP contribution in [0.15, 0.2) is 18.2 Å². The van der Waals surface area contributed by atoms with Gasteiger partial charge in [0.2, 0.25) is 0 Å². The first-order valence-corrected chi connectivity index (χ1v) is 5.76. The first-order valence-electron chi connectivity index (χ1n) is 4.68. The Bertz CT molecular complexity index is 365. The minimum atomic E-state index is -0.343. The molecular formula is C11H13IO4. The molecule has 0 N–H and O–H groups in total. The molecule has 0 spiro atoms. The van der Waals surface area contributed by atoms with Gasteiger partial charge >= 0.3 is 5.97 Å². The van der Waals surface area contributed by atoms with Crippen LogP contribution in [0.25, 0.3) is 0 Å². The molecule has 0 amide bonds. The summed E-state index contributed by atoms with van der Waals surface area (Å²) in [4.78, 5) is 11.6. The molecule has 1 rings (SSSR count). The van der Waals surface area contributed by atoms with Crippen LogP contribution in [0, 0.1) is 3.57 Å². The van der Waals surface area contributed by atoms with Gasteiger partial charge in [-0.25, -0.2) is 4.79 Å². The molecule has 0 unspecified atom stereocenters. The summed E-state index contributed by atoms with van der Waals surface area (Å²) in [6.07, 6.45) is 0. The molecule has 1 aromatic rings. The van der Waals surface area contributed by atoms with Crippen LogP contribution in [0.4, 0.5) is 0 Å². The lowest BCUT2D eigenvalue weighted by Gasteiger charge is -2.07. The van der Waals surface area contributed by atoms with Crippen LogP contribution in [0.2, 0.25) is 0 Å². The van der Waals surface area contributed by atoms with Crippen LogP contribution >= 0.6 is 22.6 Å². The van der Waals surface area contributed by atoms with Crippen LogP contribution in [0.1, 0.15) is 10.4 Å². The predicted octanol–water partition coefficient (Wildman–Crippen LogP) is 2.10. The van der Waals surface area contributed by atoms with Crippen LogP contribution < -0.4 is 4.74 Å². The number of benzene rings is 1. The van der Waals surface area contributed by atoms with E-state index >= 15 is 0 Å². The maximum Gasteiger partial charge on any atom is 0.339 e. The monoisotopic (exact) mass is 336 g/mol. The predicted molar refractivity (Wildman–Crippen MR) is 67.9 cm³/mol. The highest BCUT2D eigenvalue weighted by atomic mass is 127. The molecule has 0 aliphatic heterocycles. The van der Waals surface area contributed by atoms with Gasteiger partial charge in [-0.1, -0.05) is 0 Å². The summed E-state index contributed by atoms with van der Waals surface area (Å²) in [5.41, 5.74) is 0.539. The van der Waals surface area contributed by atoms with Gasteiger partial charge in [-0.15, -0.1) is 0 Å². The summed E-state index contributed by atoms with van der Waals surface area (Å²) in [5.74, 6) is 0.377. The fourth-order valence-corrected chi connectivity index (χ4v) is 1.79. The number of methoxy groups -OCH3 is 2. The van der Waals surface area contributed by atoms with Gasteiger partial charge in [0.15, 0.2) is 0 Å². The van der Waals surface area contributed by atoms with Crippen molar-refractivity contribution in [3.05, 3.63) is 27.3 Å². The molecule has 0 atom stereocenters. The highest BCUT2D eigenvalue weighted by Crippen LogP contribution is 2.20. The van der Waals surface area contributed by atoms with Gasteiger partial charge in [0.25, 0.3) is 0 Å².